The van der Waals surface area contributed by atoms with Crippen LogP contribution in [0.2, 0.25) is 0 Å². The molecule has 3 N–H and O–H groups in total. The zero-order valence-corrected chi connectivity index (χ0v) is 21.3. The summed E-state index contributed by atoms with van der Waals surface area (Å²) in [5, 5.41) is 5.69. The fourth-order valence-electron chi connectivity index (χ4n) is 4.65. The highest BCUT2D eigenvalue weighted by atomic mass is 32.2. The SMILES string of the molecule is C[C@H]1COCCN1c1cc(C2(S(=O)(=O)c3ncc[nH]3)CC2)nc(-c2ccc(NC(=O)NC3CC3)cc2)n1. The number of nitrogens with one attached hydrogen (secondary N) is 3. The van der Waals surface area contributed by atoms with Gasteiger partial charge in [-0.25, -0.2) is 28.2 Å². The fraction of sp³-hybridized carbons (Fsp3) is 0.440. The number of urea groups is 1. The number of morpholine rings is 1. The van der Waals surface area contributed by atoms with E-state index in [1.165, 1.54) is 12.4 Å². The number of ether oxygens (including phenoxy) is 1. The molecule has 11 nitrogen and oxygen atoms in total. The first-order valence-electron chi connectivity index (χ1n) is 12.5. The molecule has 12 heteroatoms. The van der Waals surface area contributed by atoms with Gasteiger partial charge < -0.3 is 25.3 Å². The zero-order chi connectivity index (χ0) is 25.6. The molecule has 3 aromatic rings. The van der Waals surface area contributed by atoms with Gasteiger partial charge in [-0.1, -0.05) is 0 Å². The average Bonchev–Trinajstić information content (AvgIpc) is 3.82. The van der Waals surface area contributed by atoms with Crippen LogP contribution in [0.5, 0.6) is 0 Å². The van der Waals surface area contributed by atoms with Crippen LogP contribution in [-0.2, 0) is 19.3 Å². The summed E-state index contributed by atoms with van der Waals surface area (Å²) >= 11 is 0. The Morgan fingerprint density at radius 1 is 1.19 bits per heavy atom. The van der Waals surface area contributed by atoms with Gasteiger partial charge in [0.25, 0.3) is 0 Å². The van der Waals surface area contributed by atoms with Crippen molar-refractivity contribution in [2.75, 3.05) is 30.0 Å². The number of H-pyrrole nitrogens is 1. The summed E-state index contributed by atoms with van der Waals surface area (Å²) in [6, 6.07) is 9.18. The Labute approximate surface area is 215 Å². The van der Waals surface area contributed by atoms with Crippen LogP contribution in [0.3, 0.4) is 0 Å². The van der Waals surface area contributed by atoms with E-state index in [1.807, 2.05) is 12.1 Å². The molecule has 2 amide bonds. The van der Waals surface area contributed by atoms with Crippen molar-refractivity contribution in [2.24, 2.45) is 0 Å². The van der Waals surface area contributed by atoms with Crippen molar-refractivity contribution < 1.29 is 17.9 Å². The quantitative estimate of drug-likeness (QED) is 0.429. The molecule has 37 heavy (non-hydrogen) atoms. The third kappa shape index (κ3) is 4.55. The molecule has 2 aromatic heterocycles. The van der Waals surface area contributed by atoms with Crippen molar-refractivity contribution in [3.05, 3.63) is 48.4 Å². The highest BCUT2D eigenvalue weighted by Crippen LogP contribution is 2.54. The van der Waals surface area contributed by atoms with Crippen molar-refractivity contribution >= 4 is 27.4 Å². The number of amides is 2. The molecule has 0 bridgehead atoms. The molecule has 194 valence electrons. The van der Waals surface area contributed by atoms with E-state index in [4.69, 9.17) is 14.7 Å². The lowest BCUT2D eigenvalue weighted by Crippen LogP contribution is -2.44. The smallest absolute Gasteiger partial charge is 0.319 e. The van der Waals surface area contributed by atoms with E-state index in [0.717, 1.165) is 18.4 Å². The number of carbonyl (C=O) groups is 1. The molecule has 1 aliphatic heterocycles. The molecule has 2 saturated carbocycles. The van der Waals surface area contributed by atoms with Crippen LogP contribution >= 0.6 is 0 Å². The summed E-state index contributed by atoms with van der Waals surface area (Å²) in [5.41, 5.74) is 1.84. The van der Waals surface area contributed by atoms with Crippen molar-refractivity contribution in [3.8, 4) is 11.4 Å². The molecule has 1 saturated heterocycles. The predicted octanol–water partition coefficient (Wildman–Crippen LogP) is 2.84. The van der Waals surface area contributed by atoms with Crippen LogP contribution in [0.15, 0.2) is 47.9 Å². The van der Waals surface area contributed by atoms with Crippen LogP contribution in [0, 0.1) is 0 Å². The average molecular weight is 524 g/mol. The van der Waals surface area contributed by atoms with Gasteiger partial charge in [0.1, 0.15) is 10.6 Å². The van der Waals surface area contributed by atoms with E-state index in [9.17, 15) is 13.2 Å². The number of benzene rings is 1. The lowest BCUT2D eigenvalue weighted by molar-refractivity contribution is 0.0985. The highest BCUT2D eigenvalue weighted by molar-refractivity contribution is 7.92. The van der Waals surface area contributed by atoms with E-state index in [0.29, 0.717) is 55.6 Å². The van der Waals surface area contributed by atoms with Crippen LogP contribution < -0.4 is 15.5 Å². The summed E-state index contributed by atoms with van der Waals surface area (Å²) in [7, 11) is -3.78. The van der Waals surface area contributed by atoms with E-state index < -0.39 is 14.6 Å². The molecule has 1 aromatic carbocycles. The minimum atomic E-state index is -3.78. The first-order valence-corrected chi connectivity index (χ1v) is 14.0. The number of aromatic nitrogens is 4. The van der Waals surface area contributed by atoms with Crippen molar-refractivity contribution in [1.82, 2.24) is 25.3 Å². The van der Waals surface area contributed by atoms with Crippen LogP contribution in [0.4, 0.5) is 16.3 Å². The Morgan fingerprint density at radius 3 is 2.62 bits per heavy atom. The molecule has 3 aliphatic rings. The summed E-state index contributed by atoms with van der Waals surface area (Å²) in [5.74, 6) is 1.10. The molecular formula is C25H29N7O4S. The van der Waals surface area contributed by atoms with Crippen LogP contribution in [-0.4, -0.2) is 66.2 Å². The van der Waals surface area contributed by atoms with Crippen LogP contribution in [0.25, 0.3) is 11.4 Å². The Morgan fingerprint density at radius 2 is 1.97 bits per heavy atom. The molecule has 0 unspecified atom stereocenters. The number of imidazole rings is 1. The topological polar surface area (TPSA) is 142 Å². The minimum absolute atomic E-state index is 0.0497. The molecule has 2 aliphatic carbocycles. The van der Waals surface area contributed by atoms with Gasteiger partial charge in [-0.2, -0.15) is 0 Å². The maximum atomic E-state index is 13.6. The summed E-state index contributed by atoms with van der Waals surface area (Å²) in [4.78, 5) is 30.6. The molecule has 0 spiro atoms. The van der Waals surface area contributed by atoms with E-state index in [1.54, 1.807) is 18.2 Å². The minimum Gasteiger partial charge on any atom is -0.377 e. The first-order chi connectivity index (χ1) is 17.9. The van der Waals surface area contributed by atoms with Gasteiger partial charge in [0.2, 0.25) is 15.0 Å². The lowest BCUT2D eigenvalue weighted by atomic mass is 10.1. The Kier molecular flexibility index (Phi) is 5.87. The second-order valence-corrected chi connectivity index (χ2v) is 12.1. The number of carbonyl (C=O) groups excluding carboxylic acids is 1. The second-order valence-electron chi connectivity index (χ2n) is 9.89. The Hall–Kier alpha value is -3.51. The van der Waals surface area contributed by atoms with Gasteiger partial charge in [-0.05, 0) is 56.9 Å². The largest absolute Gasteiger partial charge is 0.377 e. The number of anilines is 2. The van der Waals surface area contributed by atoms with Gasteiger partial charge in [-0.3, -0.25) is 0 Å². The Balaban J connectivity index is 1.36. The van der Waals surface area contributed by atoms with Gasteiger partial charge >= 0.3 is 6.03 Å². The molecule has 3 fully saturated rings. The van der Waals surface area contributed by atoms with Gasteiger partial charge in [0.15, 0.2) is 5.82 Å². The number of hydrogen-bond acceptors (Lipinski definition) is 8. The van der Waals surface area contributed by atoms with Gasteiger partial charge in [-0.15, -0.1) is 0 Å². The van der Waals surface area contributed by atoms with E-state index >= 15 is 0 Å². The zero-order valence-electron chi connectivity index (χ0n) is 20.5. The maximum absolute atomic E-state index is 13.6. The molecule has 6 rings (SSSR count). The van der Waals surface area contributed by atoms with Crippen LogP contribution in [0.1, 0.15) is 38.3 Å². The molecule has 1 atom stereocenters. The summed E-state index contributed by atoms with van der Waals surface area (Å²) in [6.07, 6.45) is 5.90. The van der Waals surface area contributed by atoms with E-state index in [-0.39, 0.29) is 23.3 Å². The van der Waals surface area contributed by atoms with Crippen molar-refractivity contribution in [3.63, 3.8) is 0 Å². The number of hydrogen-bond donors (Lipinski definition) is 3. The Bertz CT molecular complexity index is 1400. The second kappa shape index (κ2) is 9.10. The maximum Gasteiger partial charge on any atom is 0.319 e. The highest BCUT2D eigenvalue weighted by Gasteiger charge is 2.59. The predicted molar refractivity (Wildman–Crippen MR) is 137 cm³/mol. The summed E-state index contributed by atoms with van der Waals surface area (Å²) in [6.45, 7) is 3.83. The van der Waals surface area contributed by atoms with Crippen molar-refractivity contribution in [2.45, 2.75) is 54.6 Å². The van der Waals surface area contributed by atoms with Crippen molar-refractivity contribution in [1.29, 1.82) is 0 Å². The standard InChI is InChI=1S/C25H29N7O4S/c1-16-15-36-13-12-32(16)21-14-20(25(8-9-25)37(34,35)24-26-10-11-27-24)30-22(31-21)17-2-4-18(5-3-17)28-23(33)29-19-6-7-19/h2-5,10-11,14,16,19H,6-9,12-13,15H2,1H3,(H,26,27)(H2,28,29,33)/t16-/m0/s1. The molecule has 3 heterocycles. The normalized spacial score (nSPS) is 20.9. The third-order valence-electron chi connectivity index (χ3n) is 7.10. The number of sulfone groups is 1. The fourth-order valence-corrected chi connectivity index (χ4v) is 6.47. The van der Waals surface area contributed by atoms with E-state index in [2.05, 4.69) is 32.4 Å². The monoisotopic (exact) mass is 523 g/mol. The van der Waals surface area contributed by atoms with Gasteiger partial charge in [0, 0.05) is 42.3 Å². The van der Waals surface area contributed by atoms with Gasteiger partial charge in [0.05, 0.1) is 24.9 Å². The summed E-state index contributed by atoms with van der Waals surface area (Å²) < 4.78 is 31.6. The molecular weight excluding hydrogens is 494 g/mol. The third-order valence-corrected chi connectivity index (χ3v) is 9.48. The molecule has 0 radical (unpaired) electrons. The number of rotatable bonds is 7. The number of aromatic amines is 1. The first kappa shape index (κ1) is 23.9. The number of nitrogens with zero attached hydrogens (tertiary/aromatic N) is 4. The lowest BCUT2D eigenvalue weighted by Gasteiger charge is -2.34.